The molecule has 0 aromatic heterocycles. The van der Waals surface area contributed by atoms with Crippen LogP contribution in [0.25, 0.3) is 0 Å². The zero-order valence-corrected chi connectivity index (χ0v) is 17.0. The van der Waals surface area contributed by atoms with Gasteiger partial charge in [-0.1, -0.05) is 60.7 Å². The van der Waals surface area contributed by atoms with Crippen LogP contribution in [0.4, 0.5) is 0 Å². The molecule has 1 saturated carbocycles. The van der Waals surface area contributed by atoms with Crippen LogP contribution in [0, 0.1) is 5.41 Å². The first-order valence-corrected chi connectivity index (χ1v) is 10.6. The maximum atomic E-state index is 2.69. The van der Waals surface area contributed by atoms with Crippen molar-refractivity contribution < 1.29 is 0 Å². The van der Waals surface area contributed by atoms with Crippen molar-refractivity contribution in [2.24, 2.45) is 5.41 Å². The van der Waals surface area contributed by atoms with Gasteiger partial charge in [-0.05, 0) is 75.7 Å². The van der Waals surface area contributed by atoms with E-state index in [4.69, 9.17) is 0 Å². The number of hydrogen-bond acceptors (Lipinski definition) is 2. The van der Waals surface area contributed by atoms with E-state index < -0.39 is 0 Å². The average Bonchev–Trinajstić information content (AvgIpc) is 3.08. The van der Waals surface area contributed by atoms with Gasteiger partial charge in [0, 0.05) is 18.6 Å². The van der Waals surface area contributed by atoms with E-state index in [1.807, 2.05) is 0 Å². The average molecular weight is 363 g/mol. The minimum absolute atomic E-state index is 0.333. The van der Waals surface area contributed by atoms with Gasteiger partial charge < -0.3 is 4.90 Å². The van der Waals surface area contributed by atoms with Gasteiger partial charge in [0.2, 0.25) is 0 Å². The molecule has 2 heteroatoms. The van der Waals surface area contributed by atoms with E-state index in [-0.39, 0.29) is 0 Å². The zero-order chi connectivity index (χ0) is 18.7. The van der Waals surface area contributed by atoms with Gasteiger partial charge in [0.05, 0.1) is 0 Å². The Morgan fingerprint density at radius 2 is 1.37 bits per heavy atom. The van der Waals surface area contributed by atoms with Gasteiger partial charge in [0.15, 0.2) is 0 Å². The summed E-state index contributed by atoms with van der Waals surface area (Å²) in [7, 11) is 4.58. The summed E-state index contributed by atoms with van der Waals surface area (Å²) in [6.45, 7) is 3.67. The Hall–Kier alpha value is -1.64. The van der Waals surface area contributed by atoms with Gasteiger partial charge in [-0.2, -0.15) is 0 Å². The van der Waals surface area contributed by atoms with Crippen molar-refractivity contribution in [1.82, 2.24) is 9.80 Å². The van der Waals surface area contributed by atoms with Crippen LogP contribution in [0.1, 0.15) is 43.2 Å². The molecule has 144 valence electrons. The normalized spacial score (nSPS) is 28.9. The molecule has 27 heavy (non-hydrogen) atoms. The molecule has 1 spiro atoms. The molecular formula is C25H34N2. The molecule has 0 atom stereocenters. The van der Waals surface area contributed by atoms with Crippen LogP contribution in [-0.2, 0) is 13.0 Å². The summed E-state index contributed by atoms with van der Waals surface area (Å²) < 4.78 is 0. The molecule has 0 N–H and O–H groups in total. The topological polar surface area (TPSA) is 6.48 Å². The van der Waals surface area contributed by atoms with Crippen LogP contribution in [0.2, 0.25) is 0 Å². The van der Waals surface area contributed by atoms with Crippen molar-refractivity contribution in [2.75, 3.05) is 27.2 Å². The Labute approximate surface area is 165 Å². The summed E-state index contributed by atoms with van der Waals surface area (Å²) in [5, 5.41) is 0. The van der Waals surface area contributed by atoms with E-state index in [0.717, 1.165) is 6.54 Å². The number of likely N-dealkylation sites (tertiary alicyclic amines) is 1. The van der Waals surface area contributed by atoms with Crippen LogP contribution in [0.15, 0.2) is 60.7 Å². The molecule has 2 aromatic carbocycles. The fraction of sp³-hybridized carbons (Fsp3) is 0.520. The lowest BCUT2D eigenvalue weighted by Crippen LogP contribution is -2.51. The highest BCUT2D eigenvalue weighted by Crippen LogP contribution is 2.49. The van der Waals surface area contributed by atoms with Gasteiger partial charge in [-0.25, -0.2) is 0 Å². The van der Waals surface area contributed by atoms with Gasteiger partial charge in [-0.15, -0.1) is 0 Å². The lowest BCUT2D eigenvalue weighted by Gasteiger charge is -2.49. The van der Waals surface area contributed by atoms with Crippen molar-refractivity contribution in [2.45, 2.75) is 50.6 Å². The lowest BCUT2D eigenvalue weighted by atomic mass is 9.65. The van der Waals surface area contributed by atoms with Gasteiger partial charge in [0.1, 0.15) is 0 Å². The largest absolute Gasteiger partial charge is 0.303 e. The Kier molecular flexibility index (Phi) is 5.39. The molecule has 2 nitrogen and oxygen atoms in total. The Morgan fingerprint density at radius 1 is 0.778 bits per heavy atom. The van der Waals surface area contributed by atoms with Crippen LogP contribution in [0.5, 0.6) is 0 Å². The summed E-state index contributed by atoms with van der Waals surface area (Å²) in [6, 6.07) is 22.1. The first kappa shape index (κ1) is 18.7. The third-order valence-electron chi connectivity index (χ3n) is 7.33. The van der Waals surface area contributed by atoms with Gasteiger partial charge >= 0.3 is 0 Å². The molecule has 0 radical (unpaired) electrons. The predicted molar refractivity (Wildman–Crippen MR) is 114 cm³/mol. The smallest absolute Gasteiger partial charge is 0.0244 e. The number of hydrogen-bond donors (Lipinski definition) is 0. The van der Waals surface area contributed by atoms with Crippen molar-refractivity contribution in [3.8, 4) is 0 Å². The summed E-state index contributed by atoms with van der Waals surface area (Å²) in [5.41, 5.74) is 3.83. The van der Waals surface area contributed by atoms with E-state index in [0.29, 0.717) is 11.0 Å². The van der Waals surface area contributed by atoms with Crippen LogP contribution >= 0.6 is 0 Å². The first-order chi connectivity index (χ1) is 13.1. The van der Waals surface area contributed by atoms with Gasteiger partial charge in [0.25, 0.3) is 0 Å². The van der Waals surface area contributed by atoms with Crippen LogP contribution in [-0.4, -0.2) is 42.5 Å². The van der Waals surface area contributed by atoms with Crippen molar-refractivity contribution in [3.05, 3.63) is 71.8 Å². The van der Waals surface area contributed by atoms with Gasteiger partial charge in [-0.3, -0.25) is 4.90 Å². The summed E-state index contributed by atoms with van der Waals surface area (Å²) in [4.78, 5) is 5.21. The minimum Gasteiger partial charge on any atom is -0.303 e. The molecule has 1 heterocycles. The summed E-state index contributed by atoms with van der Waals surface area (Å²) in [6.07, 6.45) is 7.98. The summed E-state index contributed by atoms with van der Waals surface area (Å²) in [5.74, 6) is 0. The highest BCUT2D eigenvalue weighted by molar-refractivity contribution is 5.19. The molecule has 2 fully saturated rings. The molecule has 0 unspecified atom stereocenters. The Bertz CT molecular complexity index is 715. The first-order valence-electron chi connectivity index (χ1n) is 10.6. The third-order valence-corrected chi connectivity index (χ3v) is 7.33. The molecule has 4 rings (SSSR count). The predicted octanol–water partition coefficient (Wildman–Crippen LogP) is 5.00. The maximum absolute atomic E-state index is 2.69. The summed E-state index contributed by atoms with van der Waals surface area (Å²) >= 11 is 0. The second kappa shape index (κ2) is 7.77. The minimum atomic E-state index is 0.333. The maximum Gasteiger partial charge on any atom is 0.0244 e. The lowest BCUT2D eigenvalue weighted by molar-refractivity contribution is 0.0405. The van der Waals surface area contributed by atoms with E-state index in [9.17, 15) is 0 Å². The molecule has 2 aromatic rings. The van der Waals surface area contributed by atoms with Crippen LogP contribution in [0.3, 0.4) is 0 Å². The SMILES string of the molecule is CN(C)C1(Cc2ccccc2)CCC2(CCN(Cc3ccccc3)C2)CC1. The number of likely N-dealkylation sites (N-methyl/N-ethyl adjacent to an activating group) is 1. The fourth-order valence-corrected chi connectivity index (χ4v) is 5.42. The van der Waals surface area contributed by atoms with E-state index >= 15 is 0 Å². The van der Waals surface area contributed by atoms with E-state index in [1.165, 1.54) is 62.7 Å². The highest BCUT2D eigenvalue weighted by atomic mass is 15.2. The van der Waals surface area contributed by atoms with Crippen LogP contribution < -0.4 is 0 Å². The molecule has 1 aliphatic carbocycles. The second-order valence-electron chi connectivity index (χ2n) is 9.23. The Morgan fingerprint density at radius 3 is 1.96 bits per heavy atom. The molecule has 1 saturated heterocycles. The molecule has 0 bridgehead atoms. The van der Waals surface area contributed by atoms with Crippen molar-refractivity contribution >= 4 is 0 Å². The number of benzene rings is 2. The monoisotopic (exact) mass is 362 g/mol. The Balaban J connectivity index is 1.40. The van der Waals surface area contributed by atoms with E-state index in [1.54, 1.807) is 0 Å². The zero-order valence-electron chi connectivity index (χ0n) is 17.0. The third kappa shape index (κ3) is 4.12. The standard InChI is InChI=1S/C25H34N2/c1-26(2)25(19-22-9-5-3-6-10-22)15-13-24(14-16-25)17-18-27(21-24)20-23-11-7-4-8-12-23/h3-12H,13-21H2,1-2H3. The molecular weight excluding hydrogens is 328 g/mol. The fourth-order valence-electron chi connectivity index (χ4n) is 5.42. The molecule has 1 aliphatic heterocycles. The van der Waals surface area contributed by atoms with Crippen molar-refractivity contribution in [3.63, 3.8) is 0 Å². The van der Waals surface area contributed by atoms with Crippen molar-refractivity contribution in [1.29, 1.82) is 0 Å². The number of nitrogens with zero attached hydrogens (tertiary/aromatic N) is 2. The number of rotatable bonds is 5. The van der Waals surface area contributed by atoms with E-state index in [2.05, 4.69) is 84.6 Å². The molecule has 2 aliphatic rings. The molecule has 0 amide bonds. The highest BCUT2D eigenvalue weighted by Gasteiger charge is 2.46. The quantitative estimate of drug-likeness (QED) is 0.739. The second-order valence-corrected chi connectivity index (χ2v) is 9.23.